The van der Waals surface area contributed by atoms with E-state index in [2.05, 4.69) is 20.9 Å². The van der Waals surface area contributed by atoms with Crippen molar-refractivity contribution in [2.24, 2.45) is 4.99 Å². The molecular formula is C18H16BrClN2O2. The molecule has 3 rings (SSSR count). The third-order valence-corrected chi connectivity index (χ3v) is 4.71. The lowest BCUT2D eigenvalue weighted by Crippen LogP contribution is -2.40. The Balaban J connectivity index is 2.16. The number of ether oxygens (including phenoxy) is 1. The molecule has 0 bridgehead atoms. The van der Waals surface area contributed by atoms with Crippen LogP contribution in [0.25, 0.3) is 0 Å². The molecule has 0 radical (unpaired) electrons. The van der Waals surface area contributed by atoms with Crippen molar-refractivity contribution in [3.63, 3.8) is 0 Å². The molecule has 6 heteroatoms. The summed E-state index contributed by atoms with van der Waals surface area (Å²) in [6.07, 6.45) is 0. The van der Waals surface area contributed by atoms with Crippen molar-refractivity contribution in [3.8, 4) is 0 Å². The highest BCUT2D eigenvalue weighted by atomic mass is 79.9. The first-order chi connectivity index (χ1) is 11.5. The Morgan fingerprint density at radius 3 is 2.83 bits per heavy atom. The van der Waals surface area contributed by atoms with Crippen molar-refractivity contribution in [2.75, 3.05) is 13.7 Å². The van der Waals surface area contributed by atoms with Gasteiger partial charge < -0.3 is 9.64 Å². The number of aliphatic imine (C=N–C) groups is 1. The molecule has 0 aromatic heterocycles. The van der Waals surface area contributed by atoms with Gasteiger partial charge in [-0.2, -0.15) is 0 Å². The number of hydrogen-bond acceptors (Lipinski definition) is 4. The largest absolute Gasteiger partial charge is 0.468 e. The predicted molar refractivity (Wildman–Crippen MR) is 98.9 cm³/mol. The summed E-state index contributed by atoms with van der Waals surface area (Å²) in [5.74, 6) is 0.454. The lowest BCUT2D eigenvalue weighted by molar-refractivity contribution is -0.141. The highest BCUT2D eigenvalue weighted by Gasteiger charge is 2.31. The number of benzene rings is 2. The summed E-state index contributed by atoms with van der Waals surface area (Å²) >= 11 is 9.71. The predicted octanol–water partition coefficient (Wildman–Crippen LogP) is 4.73. The van der Waals surface area contributed by atoms with Gasteiger partial charge in [-0.15, -0.1) is 0 Å². The van der Waals surface area contributed by atoms with Gasteiger partial charge in [-0.05, 0) is 42.8 Å². The van der Waals surface area contributed by atoms with E-state index in [0.29, 0.717) is 5.02 Å². The standard InChI is InChI=1S/C18H16BrClN2O2/c1-11-21-16-7-6-13(19)9-15(16)18(22(11)10-17(23)24-2)12-4-3-5-14(20)8-12/h3-9,18H,10H2,1-2H3/t18-/m0/s1. The minimum absolute atomic E-state index is 0.120. The summed E-state index contributed by atoms with van der Waals surface area (Å²) in [5.41, 5.74) is 2.91. The maximum absolute atomic E-state index is 11.9. The van der Waals surface area contributed by atoms with Gasteiger partial charge in [-0.25, -0.2) is 4.99 Å². The monoisotopic (exact) mass is 406 g/mol. The van der Waals surface area contributed by atoms with E-state index < -0.39 is 0 Å². The molecule has 0 saturated heterocycles. The van der Waals surface area contributed by atoms with Gasteiger partial charge in [0.1, 0.15) is 12.4 Å². The van der Waals surface area contributed by atoms with Gasteiger partial charge in [-0.1, -0.05) is 39.7 Å². The number of carbonyl (C=O) groups is 1. The molecule has 0 fully saturated rings. The normalized spacial score (nSPS) is 16.4. The van der Waals surface area contributed by atoms with E-state index in [0.717, 1.165) is 27.1 Å². The zero-order valence-electron chi connectivity index (χ0n) is 13.3. The number of halogens is 2. The molecule has 1 aliphatic heterocycles. The SMILES string of the molecule is COC(=O)CN1C(C)=Nc2ccc(Br)cc2[C@@H]1c1cccc(Cl)c1. The Hall–Kier alpha value is -1.85. The van der Waals surface area contributed by atoms with Crippen LogP contribution >= 0.6 is 27.5 Å². The molecule has 0 aliphatic carbocycles. The second-order valence-electron chi connectivity index (χ2n) is 5.52. The first-order valence-electron chi connectivity index (χ1n) is 7.43. The second kappa shape index (κ2) is 6.95. The van der Waals surface area contributed by atoms with E-state index >= 15 is 0 Å². The number of hydrogen-bond donors (Lipinski definition) is 0. The Labute approximate surface area is 154 Å². The number of nitrogens with zero attached hydrogens (tertiary/aromatic N) is 2. The summed E-state index contributed by atoms with van der Waals surface area (Å²) in [4.78, 5) is 18.5. The first kappa shape index (κ1) is 17.0. The first-order valence-corrected chi connectivity index (χ1v) is 8.60. The van der Waals surface area contributed by atoms with Gasteiger partial charge in [0, 0.05) is 15.1 Å². The lowest BCUT2D eigenvalue weighted by atomic mass is 9.94. The quantitative estimate of drug-likeness (QED) is 0.691. The summed E-state index contributed by atoms with van der Waals surface area (Å²) in [6, 6.07) is 13.5. The Kier molecular flexibility index (Phi) is 4.92. The van der Waals surface area contributed by atoms with Crippen molar-refractivity contribution < 1.29 is 9.53 Å². The van der Waals surface area contributed by atoms with Crippen LogP contribution in [0.3, 0.4) is 0 Å². The molecule has 24 heavy (non-hydrogen) atoms. The average molecular weight is 408 g/mol. The van der Waals surface area contributed by atoms with Crippen LogP contribution in [0.5, 0.6) is 0 Å². The number of rotatable bonds is 3. The van der Waals surface area contributed by atoms with Crippen LogP contribution in [0.4, 0.5) is 5.69 Å². The number of esters is 1. The topological polar surface area (TPSA) is 41.9 Å². The smallest absolute Gasteiger partial charge is 0.325 e. The van der Waals surface area contributed by atoms with Crippen molar-refractivity contribution in [3.05, 3.63) is 63.1 Å². The second-order valence-corrected chi connectivity index (χ2v) is 6.88. The molecule has 0 amide bonds. The van der Waals surface area contributed by atoms with E-state index in [-0.39, 0.29) is 18.6 Å². The number of methoxy groups -OCH3 is 1. The highest BCUT2D eigenvalue weighted by molar-refractivity contribution is 9.10. The Morgan fingerprint density at radius 1 is 1.33 bits per heavy atom. The van der Waals surface area contributed by atoms with E-state index in [1.54, 1.807) is 0 Å². The summed E-state index contributed by atoms with van der Waals surface area (Å²) in [5, 5.41) is 0.655. The van der Waals surface area contributed by atoms with E-state index in [9.17, 15) is 4.79 Å². The lowest BCUT2D eigenvalue weighted by Gasteiger charge is -2.37. The molecule has 2 aromatic rings. The average Bonchev–Trinajstić information content (AvgIpc) is 2.55. The third-order valence-electron chi connectivity index (χ3n) is 3.99. The zero-order chi connectivity index (χ0) is 17.3. The van der Waals surface area contributed by atoms with E-state index in [4.69, 9.17) is 16.3 Å². The molecule has 0 spiro atoms. The third kappa shape index (κ3) is 3.32. The van der Waals surface area contributed by atoms with Gasteiger partial charge in [-0.3, -0.25) is 4.79 Å². The number of carbonyl (C=O) groups excluding carboxylic acids is 1. The molecule has 0 unspecified atom stereocenters. The fraction of sp³-hybridized carbons (Fsp3) is 0.222. The van der Waals surface area contributed by atoms with Crippen molar-refractivity contribution in [1.82, 2.24) is 4.90 Å². The maximum atomic E-state index is 11.9. The van der Waals surface area contributed by atoms with Crippen LogP contribution in [-0.2, 0) is 9.53 Å². The summed E-state index contributed by atoms with van der Waals surface area (Å²) < 4.78 is 5.81. The summed E-state index contributed by atoms with van der Waals surface area (Å²) in [7, 11) is 1.39. The summed E-state index contributed by atoms with van der Waals surface area (Å²) in [6.45, 7) is 2.01. The molecule has 0 N–H and O–H groups in total. The Bertz CT molecular complexity index is 822. The van der Waals surface area contributed by atoms with Gasteiger partial charge in [0.25, 0.3) is 0 Å². The van der Waals surface area contributed by atoms with Crippen LogP contribution in [0.1, 0.15) is 24.1 Å². The van der Waals surface area contributed by atoms with Gasteiger partial charge in [0.2, 0.25) is 0 Å². The van der Waals surface area contributed by atoms with Gasteiger partial charge in [0.15, 0.2) is 0 Å². The van der Waals surface area contributed by atoms with E-state index in [1.165, 1.54) is 7.11 Å². The number of amidine groups is 1. The maximum Gasteiger partial charge on any atom is 0.325 e. The molecule has 1 atom stereocenters. The minimum Gasteiger partial charge on any atom is -0.468 e. The number of fused-ring (bicyclic) bond motifs is 1. The molecule has 0 saturated carbocycles. The van der Waals surface area contributed by atoms with Crippen molar-refractivity contribution >= 4 is 45.0 Å². The van der Waals surface area contributed by atoms with Gasteiger partial charge in [0.05, 0.1) is 18.8 Å². The molecule has 124 valence electrons. The molecule has 2 aromatic carbocycles. The van der Waals surface area contributed by atoms with Crippen LogP contribution in [0.15, 0.2) is 51.9 Å². The zero-order valence-corrected chi connectivity index (χ0v) is 15.6. The Morgan fingerprint density at radius 2 is 2.12 bits per heavy atom. The minimum atomic E-state index is -0.310. The van der Waals surface area contributed by atoms with Crippen molar-refractivity contribution in [2.45, 2.75) is 13.0 Å². The van der Waals surface area contributed by atoms with Crippen LogP contribution < -0.4 is 0 Å². The molecule has 1 aliphatic rings. The van der Waals surface area contributed by atoms with Crippen molar-refractivity contribution in [1.29, 1.82) is 0 Å². The van der Waals surface area contributed by atoms with Gasteiger partial charge >= 0.3 is 5.97 Å². The fourth-order valence-electron chi connectivity index (χ4n) is 2.88. The molecular weight excluding hydrogens is 392 g/mol. The van der Waals surface area contributed by atoms with Crippen LogP contribution in [0, 0.1) is 0 Å². The molecule has 4 nitrogen and oxygen atoms in total. The van der Waals surface area contributed by atoms with E-state index in [1.807, 2.05) is 54.3 Å². The van der Waals surface area contributed by atoms with Crippen LogP contribution in [-0.4, -0.2) is 30.4 Å². The van der Waals surface area contributed by atoms with Crippen LogP contribution in [0.2, 0.25) is 5.02 Å². The highest BCUT2D eigenvalue weighted by Crippen LogP contribution is 2.40. The molecule has 1 heterocycles. The fourth-order valence-corrected chi connectivity index (χ4v) is 3.46.